The van der Waals surface area contributed by atoms with Crippen LogP contribution in [0, 0.1) is 11.8 Å². The summed E-state index contributed by atoms with van der Waals surface area (Å²) in [6.45, 7) is 4.63. The number of rotatable bonds is 3. The van der Waals surface area contributed by atoms with Crippen LogP contribution in [0.2, 0.25) is 0 Å². The number of nitrogens with two attached hydrogens (primary N) is 1. The molecule has 19 heavy (non-hydrogen) atoms. The molecule has 4 nitrogen and oxygen atoms in total. The second-order valence-electron chi connectivity index (χ2n) is 6.82. The van der Waals surface area contributed by atoms with Gasteiger partial charge in [0.05, 0.1) is 5.54 Å². The van der Waals surface area contributed by atoms with Gasteiger partial charge in [-0.15, -0.1) is 0 Å². The molecule has 2 saturated carbocycles. The first-order valence-electron chi connectivity index (χ1n) is 7.71. The van der Waals surface area contributed by atoms with Crippen LogP contribution in [0.25, 0.3) is 0 Å². The summed E-state index contributed by atoms with van der Waals surface area (Å²) < 4.78 is 5.38. The fraction of sp³-hybridized carbons (Fsp3) is 0.867. The summed E-state index contributed by atoms with van der Waals surface area (Å²) >= 11 is 0. The third-order valence-corrected chi connectivity index (χ3v) is 4.92. The molecule has 2 unspecified atom stereocenters. The minimum Gasteiger partial charge on any atom is -0.339 e. The Balaban J connectivity index is 1.73. The van der Waals surface area contributed by atoms with Gasteiger partial charge in [-0.1, -0.05) is 31.8 Å². The fourth-order valence-corrected chi connectivity index (χ4v) is 3.22. The van der Waals surface area contributed by atoms with Gasteiger partial charge in [0.1, 0.15) is 0 Å². The minimum atomic E-state index is -0.361. The highest BCUT2D eigenvalue weighted by Gasteiger charge is 2.38. The molecule has 2 N–H and O–H groups in total. The van der Waals surface area contributed by atoms with E-state index in [4.69, 9.17) is 10.3 Å². The van der Waals surface area contributed by atoms with Gasteiger partial charge in [-0.2, -0.15) is 4.98 Å². The third kappa shape index (κ3) is 2.69. The van der Waals surface area contributed by atoms with Crippen molar-refractivity contribution >= 4 is 0 Å². The second-order valence-corrected chi connectivity index (χ2v) is 6.82. The van der Waals surface area contributed by atoms with Crippen molar-refractivity contribution in [3.63, 3.8) is 0 Å². The molecule has 0 amide bonds. The first kappa shape index (κ1) is 13.1. The molecule has 4 heteroatoms. The molecule has 106 valence electrons. The lowest BCUT2D eigenvalue weighted by Gasteiger charge is -2.24. The van der Waals surface area contributed by atoms with Crippen molar-refractivity contribution in [2.24, 2.45) is 17.6 Å². The summed E-state index contributed by atoms with van der Waals surface area (Å²) in [5, 5.41) is 4.17. The molecular formula is C15H25N3O. The Kier molecular flexibility index (Phi) is 3.37. The van der Waals surface area contributed by atoms with E-state index in [1.807, 2.05) is 0 Å². The fourth-order valence-electron chi connectivity index (χ4n) is 3.22. The van der Waals surface area contributed by atoms with Crippen molar-refractivity contribution in [2.45, 2.75) is 70.3 Å². The van der Waals surface area contributed by atoms with Crippen LogP contribution in [0.5, 0.6) is 0 Å². The zero-order chi connectivity index (χ0) is 13.5. The van der Waals surface area contributed by atoms with Crippen molar-refractivity contribution in [3.05, 3.63) is 11.7 Å². The maximum absolute atomic E-state index is 6.59. The molecule has 0 saturated heterocycles. The Morgan fingerprint density at radius 1 is 1.21 bits per heavy atom. The highest BCUT2D eigenvalue weighted by Crippen LogP contribution is 2.41. The molecule has 3 rings (SSSR count). The minimum absolute atomic E-state index is 0.361. The zero-order valence-electron chi connectivity index (χ0n) is 12.1. The van der Waals surface area contributed by atoms with E-state index in [-0.39, 0.29) is 5.54 Å². The van der Waals surface area contributed by atoms with Crippen LogP contribution in [-0.2, 0) is 5.54 Å². The Bertz CT molecular complexity index is 438. The summed E-state index contributed by atoms with van der Waals surface area (Å²) in [6.07, 6.45) is 7.99. The highest BCUT2D eigenvalue weighted by molar-refractivity contribution is 5.09. The van der Waals surface area contributed by atoms with E-state index < -0.39 is 0 Å². The van der Waals surface area contributed by atoms with E-state index in [1.165, 1.54) is 32.1 Å². The maximum Gasteiger partial charge on any atom is 0.229 e. The average Bonchev–Trinajstić information content (AvgIpc) is 3.14. The maximum atomic E-state index is 6.59. The number of hydrogen-bond donors (Lipinski definition) is 1. The summed E-state index contributed by atoms with van der Waals surface area (Å²) in [7, 11) is 0. The van der Waals surface area contributed by atoms with Gasteiger partial charge in [0.15, 0.2) is 5.82 Å². The van der Waals surface area contributed by atoms with Gasteiger partial charge >= 0.3 is 0 Å². The molecule has 1 heterocycles. The number of nitrogens with zero attached hydrogens (tertiary/aromatic N) is 2. The smallest absolute Gasteiger partial charge is 0.229 e. The normalized spacial score (nSPS) is 32.5. The highest BCUT2D eigenvalue weighted by atomic mass is 16.5. The number of hydrogen-bond acceptors (Lipinski definition) is 4. The summed E-state index contributed by atoms with van der Waals surface area (Å²) in [6, 6.07) is 0. The lowest BCUT2D eigenvalue weighted by atomic mass is 9.87. The van der Waals surface area contributed by atoms with Gasteiger partial charge in [0.25, 0.3) is 0 Å². The Morgan fingerprint density at radius 2 is 2.00 bits per heavy atom. The molecule has 1 aromatic rings. The van der Waals surface area contributed by atoms with Crippen molar-refractivity contribution < 1.29 is 4.52 Å². The van der Waals surface area contributed by atoms with E-state index in [1.54, 1.807) is 0 Å². The predicted molar refractivity (Wildman–Crippen MR) is 73.6 cm³/mol. The van der Waals surface area contributed by atoms with Gasteiger partial charge in [0.2, 0.25) is 5.89 Å². The summed E-state index contributed by atoms with van der Waals surface area (Å²) in [4.78, 5) is 4.58. The van der Waals surface area contributed by atoms with Crippen molar-refractivity contribution in [2.75, 3.05) is 0 Å². The molecular weight excluding hydrogens is 238 g/mol. The van der Waals surface area contributed by atoms with Crippen molar-refractivity contribution in [1.29, 1.82) is 0 Å². The Morgan fingerprint density at radius 3 is 2.68 bits per heavy atom. The van der Waals surface area contributed by atoms with Gasteiger partial charge in [-0.3, -0.25) is 0 Å². The van der Waals surface area contributed by atoms with Gasteiger partial charge in [-0.05, 0) is 43.9 Å². The van der Waals surface area contributed by atoms with Crippen molar-refractivity contribution in [3.8, 4) is 0 Å². The molecule has 0 bridgehead atoms. The van der Waals surface area contributed by atoms with Crippen LogP contribution in [0.4, 0.5) is 0 Å². The molecule has 2 fully saturated rings. The van der Waals surface area contributed by atoms with Crippen LogP contribution in [0.15, 0.2) is 4.52 Å². The third-order valence-electron chi connectivity index (χ3n) is 4.92. The van der Waals surface area contributed by atoms with Gasteiger partial charge in [-0.25, -0.2) is 0 Å². The Labute approximate surface area is 115 Å². The van der Waals surface area contributed by atoms with E-state index >= 15 is 0 Å². The van der Waals surface area contributed by atoms with Crippen LogP contribution in [-0.4, -0.2) is 10.1 Å². The molecule has 2 atom stereocenters. The average molecular weight is 263 g/mol. The summed E-state index contributed by atoms with van der Waals surface area (Å²) in [5.74, 6) is 3.61. The lowest BCUT2D eigenvalue weighted by molar-refractivity contribution is 0.306. The molecule has 2 aliphatic rings. The topological polar surface area (TPSA) is 64.9 Å². The molecule has 1 aromatic heterocycles. The van der Waals surface area contributed by atoms with Crippen LogP contribution < -0.4 is 5.73 Å². The van der Waals surface area contributed by atoms with E-state index in [0.717, 1.165) is 36.4 Å². The Hall–Kier alpha value is -0.900. The number of aromatic nitrogens is 2. The van der Waals surface area contributed by atoms with Crippen molar-refractivity contribution in [1.82, 2.24) is 10.1 Å². The van der Waals surface area contributed by atoms with Gasteiger partial charge in [0, 0.05) is 5.92 Å². The van der Waals surface area contributed by atoms with Crippen LogP contribution in [0.1, 0.15) is 76.4 Å². The lowest BCUT2D eigenvalue weighted by Crippen LogP contribution is -2.37. The standard InChI is InChI=1S/C15H25N3O/c1-10(2)11-4-3-8-15(16,9-7-11)14-17-13(19-18-14)12-5-6-12/h10-12H,3-9,16H2,1-2H3. The van der Waals surface area contributed by atoms with E-state index in [9.17, 15) is 0 Å². The van der Waals surface area contributed by atoms with Crippen LogP contribution in [0.3, 0.4) is 0 Å². The molecule has 0 radical (unpaired) electrons. The predicted octanol–water partition coefficient (Wildman–Crippen LogP) is 3.34. The van der Waals surface area contributed by atoms with E-state index in [2.05, 4.69) is 24.0 Å². The molecule has 2 aliphatic carbocycles. The van der Waals surface area contributed by atoms with Crippen LogP contribution >= 0.6 is 0 Å². The molecule has 0 aromatic carbocycles. The molecule has 0 spiro atoms. The first-order chi connectivity index (χ1) is 9.08. The molecule has 0 aliphatic heterocycles. The largest absolute Gasteiger partial charge is 0.339 e. The quantitative estimate of drug-likeness (QED) is 0.849. The zero-order valence-corrected chi connectivity index (χ0v) is 12.1. The monoisotopic (exact) mass is 263 g/mol. The van der Waals surface area contributed by atoms with Gasteiger partial charge < -0.3 is 10.3 Å². The first-order valence-corrected chi connectivity index (χ1v) is 7.71. The second kappa shape index (κ2) is 4.89. The van der Waals surface area contributed by atoms with E-state index in [0.29, 0.717) is 5.92 Å². The summed E-state index contributed by atoms with van der Waals surface area (Å²) in [5.41, 5.74) is 6.23. The SMILES string of the molecule is CC(C)C1CCCC(N)(c2noc(C3CC3)n2)CC1.